The Balaban J connectivity index is 1.85. The Hall–Kier alpha value is -3.68. The molecule has 0 saturated carbocycles. The summed E-state index contributed by atoms with van der Waals surface area (Å²) < 4.78 is 5.15. The Morgan fingerprint density at radius 1 is 1.03 bits per heavy atom. The third-order valence-corrected chi connectivity index (χ3v) is 4.89. The van der Waals surface area contributed by atoms with Gasteiger partial charge in [-0.05, 0) is 55.2 Å². The molecular formula is C22H23N3O5. The van der Waals surface area contributed by atoms with E-state index in [9.17, 15) is 19.7 Å². The number of carbonyl (C=O) groups is 2. The average Bonchev–Trinajstić information content (AvgIpc) is 2.79. The normalized spacial score (nSPS) is 14.2. The van der Waals surface area contributed by atoms with Crippen molar-refractivity contribution in [3.63, 3.8) is 0 Å². The summed E-state index contributed by atoms with van der Waals surface area (Å²) in [6, 6.07) is 12.4. The fraction of sp³-hybridized carbons (Fsp3) is 0.273. The molecule has 1 aliphatic rings. The van der Waals surface area contributed by atoms with E-state index in [0.717, 1.165) is 24.8 Å². The predicted molar refractivity (Wildman–Crippen MR) is 112 cm³/mol. The molecule has 1 heterocycles. The van der Waals surface area contributed by atoms with Gasteiger partial charge in [0.15, 0.2) is 0 Å². The topological polar surface area (TPSA) is 102 Å². The molecular weight excluding hydrogens is 386 g/mol. The number of hydrogen-bond donors (Lipinski definition) is 1. The highest BCUT2D eigenvalue weighted by Crippen LogP contribution is 2.17. The molecule has 1 saturated heterocycles. The van der Waals surface area contributed by atoms with Crippen LogP contribution in [-0.2, 0) is 4.79 Å². The second kappa shape index (κ2) is 9.69. The minimum absolute atomic E-state index is 0.107. The molecule has 8 heteroatoms. The van der Waals surface area contributed by atoms with Crippen molar-refractivity contribution in [2.75, 3.05) is 20.2 Å². The molecule has 30 heavy (non-hydrogen) atoms. The molecule has 156 valence electrons. The summed E-state index contributed by atoms with van der Waals surface area (Å²) in [5.74, 6) is -0.0678. The van der Waals surface area contributed by atoms with E-state index in [2.05, 4.69) is 5.32 Å². The van der Waals surface area contributed by atoms with E-state index in [0.29, 0.717) is 18.8 Å². The summed E-state index contributed by atoms with van der Waals surface area (Å²) in [7, 11) is 1.57. The van der Waals surface area contributed by atoms with Gasteiger partial charge in [-0.2, -0.15) is 0 Å². The van der Waals surface area contributed by atoms with E-state index >= 15 is 0 Å². The van der Waals surface area contributed by atoms with Gasteiger partial charge in [0.1, 0.15) is 11.4 Å². The van der Waals surface area contributed by atoms with Crippen molar-refractivity contribution in [3.05, 3.63) is 75.5 Å². The van der Waals surface area contributed by atoms with E-state index in [1.54, 1.807) is 42.4 Å². The Morgan fingerprint density at radius 2 is 1.67 bits per heavy atom. The number of piperidine rings is 1. The van der Waals surface area contributed by atoms with Gasteiger partial charge in [0.2, 0.25) is 0 Å². The van der Waals surface area contributed by atoms with Crippen molar-refractivity contribution < 1.29 is 19.2 Å². The van der Waals surface area contributed by atoms with Gasteiger partial charge in [-0.1, -0.05) is 12.1 Å². The highest BCUT2D eigenvalue weighted by Gasteiger charge is 2.22. The minimum atomic E-state index is -0.531. The highest BCUT2D eigenvalue weighted by molar-refractivity contribution is 6.05. The summed E-state index contributed by atoms with van der Waals surface area (Å²) in [4.78, 5) is 37.8. The molecule has 0 aliphatic carbocycles. The van der Waals surface area contributed by atoms with Gasteiger partial charge < -0.3 is 15.0 Å². The van der Waals surface area contributed by atoms with Crippen LogP contribution >= 0.6 is 0 Å². The van der Waals surface area contributed by atoms with Crippen LogP contribution in [0, 0.1) is 10.1 Å². The lowest BCUT2D eigenvalue weighted by molar-refractivity contribution is -0.384. The fourth-order valence-corrected chi connectivity index (χ4v) is 3.21. The van der Waals surface area contributed by atoms with Crippen LogP contribution in [0.4, 0.5) is 5.69 Å². The SMILES string of the molecule is COc1ccc(/C=C(/NC(=O)c2ccc([N+](=O)[O-])cc2)C(=O)N2CCCCC2)cc1. The van der Waals surface area contributed by atoms with Crippen LogP contribution in [0.25, 0.3) is 6.08 Å². The van der Waals surface area contributed by atoms with Gasteiger partial charge in [-0.3, -0.25) is 19.7 Å². The molecule has 1 fully saturated rings. The first-order valence-corrected chi connectivity index (χ1v) is 9.69. The maximum Gasteiger partial charge on any atom is 0.270 e. The summed E-state index contributed by atoms with van der Waals surface area (Å²) in [5, 5.41) is 13.5. The van der Waals surface area contributed by atoms with Crippen molar-refractivity contribution >= 4 is 23.6 Å². The van der Waals surface area contributed by atoms with E-state index in [1.165, 1.54) is 24.3 Å². The number of benzene rings is 2. The number of ether oxygens (including phenoxy) is 1. The van der Waals surface area contributed by atoms with Crippen LogP contribution in [0.3, 0.4) is 0 Å². The molecule has 2 aromatic carbocycles. The highest BCUT2D eigenvalue weighted by atomic mass is 16.6. The molecule has 0 aromatic heterocycles. The van der Waals surface area contributed by atoms with Gasteiger partial charge in [-0.25, -0.2) is 0 Å². The molecule has 2 amide bonds. The number of nitrogens with zero attached hydrogens (tertiary/aromatic N) is 2. The third-order valence-electron chi connectivity index (χ3n) is 4.89. The minimum Gasteiger partial charge on any atom is -0.497 e. The second-order valence-electron chi connectivity index (χ2n) is 6.94. The smallest absolute Gasteiger partial charge is 0.270 e. The first-order valence-electron chi connectivity index (χ1n) is 9.69. The monoisotopic (exact) mass is 409 g/mol. The van der Waals surface area contributed by atoms with Gasteiger partial charge in [0, 0.05) is 30.8 Å². The van der Waals surface area contributed by atoms with Crippen LogP contribution < -0.4 is 10.1 Å². The van der Waals surface area contributed by atoms with E-state index in [1.807, 2.05) is 0 Å². The van der Waals surface area contributed by atoms with Gasteiger partial charge in [0.25, 0.3) is 17.5 Å². The van der Waals surface area contributed by atoms with Crippen molar-refractivity contribution in [2.24, 2.45) is 0 Å². The number of methoxy groups -OCH3 is 1. The Bertz CT molecular complexity index is 946. The molecule has 0 atom stereocenters. The summed E-state index contributed by atoms with van der Waals surface area (Å²) in [6.07, 6.45) is 4.56. The quantitative estimate of drug-likeness (QED) is 0.448. The van der Waals surface area contributed by atoms with Crippen molar-refractivity contribution in [3.8, 4) is 5.75 Å². The van der Waals surface area contributed by atoms with Crippen LogP contribution in [0.15, 0.2) is 54.2 Å². The zero-order valence-electron chi connectivity index (χ0n) is 16.7. The van der Waals surface area contributed by atoms with Crippen molar-refractivity contribution in [2.45, 2.75) is 19.3 Å². The maximum absolute atomic E-state index is 13.1. The summed E-state index contributed by atoms with van der Waals surface area (Å²) >= 11 is 0. The Kier molecular flexibility index (Phi) is 6.79. The van der Waals surface area contributed by atoms with Crippen LogP contribution in [0.1, 0.15) is 35.2 Å². The van der Waals surface area contributed by atoms with E-state index in [4.69, 9.17) is 4.74 Å². The number of likely N-dealkylation sites (tertiary alicyclic amines) is 1. The van der Waals surface area contributed by atoms with Crippen molar-refractivity contribution in [1.82, 2.24) is 10.2 Å². The molecule has 0 spiro atoms. The molecule has 8 nitrogen and oxygen atoms in total. The molecule has 0 radical (unpaired) electrons. The fourth-order valence-electron chi connectivity index (χ4n) is 3.21. The third kappa shape index (κ3) is 5.22. The lowest BCUT2D eigenvalue weighted by atomic mass is 10.1. The number of rotatable bonds is 6. The molecule has 0 unspecified atom stereocenters. The Morgan fingerprint density at radius 3 is 2.23 bits per heavy atom. The standard InChI is InChI=1S/C22H23N3O5/c1-30-19-11-5-16(6-12-19)15-20(22(27)24-13-3-2-4-14-24)23-21(26)17-7-9-18(10-8-17)25(28)29/h5-12,15H,2-4,13-14H2,1H3,(H,23,26)/b20-15+. The maximum atomic E-state index is 13.1. The second-order valence-corrected chi connectivity index (χ2v) is 6.94. The molecule has 2 aromatic rings. The zero-order valence-corrected chi connectivity index (χ0v) is 16.7. The number of hydrogen-bond acceptors (Lipinski definition) is 5. The van der Waals surface area contributed by atoms with Crippen LogP contribution in [-0.4, -0.2) is 41.8 Å². The van der Waals surface area contributed by atoms with E-state index < -0.39 is 10.8 Å². The largest absolute Gasteiger partial charge is 0.497 e. The zero-order chi connectivity index (χ0) is 21.5. The Labute approximate surface area is 174 Å². The summed E-state index contributed by atoms with van der Waals surface area (Å²) in [5.41, 5.74) is 1.02. The molecule has 1 aliphatic heterocycles. The lowest BCUT2D eigenvalue weighted by Crippen LogP contribution is -2.41. The van der Waals surface area contributed by atoms with Crippen LogP contribution in [0.2, 0.25) is 0 Å². The number of amides is 2. The van der Waals surface area contributed by atoms with E-state index in [-0.39, 0.29) is 22.9 Å². The van der Waals surface area contributed by atoms with Crippen molar-refractivity contribution in [1.29, 1.82) is 0 Å². The first-order chi connectivity index (χ1) is 14.5. The number of carbonyl (C=O) groups excluding carboxylic acids is 2. The number of nitro benzene ring substituents is 1. The molecule has 0 bridgehead atoms. The molecule has 3 rings (SSSR count). The first kappa shape index (κ1) is 21.0. The number of nitro groups is 1. The van der Waals surface area contributed by atoms with Gasteiger partial charge in [-0.15, -0.1) is 0 Å². The van der Waals surface area contributed by atoms with Gasteiger partial charge >= 0.3 is 0 Å². The lowest BCUT2D eigenvalue weighted by Gasteiger charge is -2.27. The number of non-ortho nitro benzene ring substituents is 1. The molecule has 1 N–H and O–H groups in total. The average molecular weight is 409 g/mol. The predicted octanol–water partition coefficient (Wildman–Crippen LogP) is 3.39. The van der Waals surface area contributed by atoms with Gasteiger partial charge in [0.05, 0.1) is 12.0 Å². The summed E-state index contributed by atoms with van der Waals surface area (Å²) in [6.45, 7) is 1.29. The number of nitrogens with one attached hydrogen (secondary N) is 1. The van der Waals surface area contributed by atoms with Crippen LogP contribution in [0.5, 0.6) is 5.75 Å².